The molecule has 0 aliphatic heterocycles. The lowest BCUT2D eigenvalue weighted by Crippen LogP contribution is -1.97. The van der Waals surface area contributed by atoms with Gasteiger partial charge in [0.2, 0.25) is 0 Å². The molecular formula is C36H54O2S. The first-order valence-electron chi connectivity index (χ1n) is 15.9. The van der Waals surface area contributed by atoms with Crippen molar-refractivity contribution in [2.45, 2.75) is 128 Å². The van der Waals surface area contributed by atoms with Crippen LogP contribution in [0.5, 0.6) is 5.75 Å². The van der Waals surface area contributed by atoms with Gasteiger partial charge in [0.25, 0.3) is 0 Å². The summed E-state index contributed by atoms with van der Waals surface area (Å²) < 4.78 is 5.92. The van der Waals surface area contributed by atoms with Crippen LogP contribution < -0.4 is 4.74 Å². The molecule has 0 saturated carbocycles. The monoisotopic (exact) mass is 550 g/mol. The first kappa shape index (κ1) is 33.2. The minimum Gasteiger partial charge on any atom is -0.494 e. The standard InChI is InChI=1S/C36H54O2S/c1-3-5-6-7-8-9-10-11-12-13-14-15-16-17-18-19-30-38-34-25-20-32(21-26-34)22-29-36(37)33-23-27-35(28-24-33)39-31-4-2/h20-29H,3-19,30-31H2,1-2H3. The van der Waals surface area contributed by atoms with E-state index in [0.717, 1.165) is 42.1 Å². The molecule has 39 heavy (non-hydrogen) atoms. The Morgan fingerprint density at radius 2 is 1.15 bits per heavy atom. The van der Waals surface area contributed by atoms with E-state index < -0.39 is 0 Å². The summed E-state index contributed by atoms with van der Waals surface area (Å²) >= 11 is 1.83. The van der Waals surface area contributed by atoms with Gasteiger partial charge in [0, 0.05) is 10.5 Å². The van der Waals surface area contributed by atoms with E-state index in [9.17, 15) is 4.79 Å². The Morgan fingerprint density at radius 1 is 0.641 bits per heavy atom. The van der Waals surface area contributed by atoms with E-state index in [4.69, 9.17) is 4.74 Å². The lowest BCUT2D eigenvalue weighted by molar-refractivity contribution is 0.104. The fraction of sp³-hybridized carbons (Fsp3) is 0.583. The van der Waals surface area contributed by atoms with Crippen molar-refractivity contribution in [3.8, 4) is 5.75 Å². The third kappa shape index (κ3) is 16.6. The highest BCUT2D eigenvalue weighted by molar-refractivity contribution is 7.99. The number of ketones is 1. The van der Waals surface area contributed by atoms with Crippen LogP contribution in [0.3, 0.4) is 0 Å². The first-order chi connectivity index (χ1) is 19.2. The van der Waals surface area contributed by atoms with Gasteiger partial charge in [0.05, 0.1) is 6.61 Å². The predicted molar refractivity (Wildman–Crippen MR) is 172 cm³/mol. The van der Waals surface area contributed by atoms with Crippen LogP contribution in [-0.4, -0.2) is 18.1 Å². The van der Waals surface area contributed by atoms with Crippen molar-refractivity contribution in [3.63, 3.8) is 0 Å². The van der Waals surface area contributed by atoms with Gasteiger partial charge in [-0.1, -0.05) is 128 Å². The molecule has 0 saturated heterocycles. The number of carbonyl (C=O) groups is 1. The van der Waals surface area contributed by atoms with E-state index in [1.807, 2.05) is 66.4 Å². The summed E-state index contributed by atoms with van der Waals surface area (Å²) in [6.45, 7) is 5.24. The Bertz CT molecular complexity index is 885. The van der Waals surface area contributed by atoms with Crippen LogP contribution in [0.2, 0.25) is 0 Å². The topological polar surface area (TPSA) is 26.3 Å². The highest BCUT2D eigenvalue weighted by Gasteiger charge is 2.03. The summed E-state index contributed by atoms with van der Waals surface area (Å²) in [5, 5.41) is 0. The van der Waals surface area contributed by atoms with Crippen LogP contribution in [0.15, 0.2) is 59.5 Å². The Labute approximate surface area is 244 Å². The molecule has 0 spiro atoms. The molecule has 0 bridgehead atoms. The molecule has 0 N–H and O–H groups in total. The Balaban J connectivity index is 1.46. The van der Waals surface area contributed by atoms with Crippen molar-refractivity contribution in [2.24, 2.45) is 0 Å². The van der Waals surface area contributed by atoms with E-state index in [1.165, 1.54) is 101 Å². The smallest absolute Gasteiger partial charge is 0.185 e. The molecule has 0 radical (unpaired) electrons. The van der Waals surface area contributed by atoms with E-state index in [-0.39, 0.29) is 5.78 Å². The van der Waals surface area contributed by atoms with E-state index >= 15 is 0 Å². The number of thioether (sulfide) groups is 1. The molecule has 0 atom stereocenters. The van der Waals surface area contributed by atoms with Gasteiger partial charge in [-0.2, -0.15) is 0 Å². The maximum Gasteiger partial charge on any atom is 0.185 e. The Kier molecular flexibility index (Phi) is 19.4. The van der Waals surface area contributed by atoms with Crippen LogP contribution in [0.4, 0.5) is 0 Å². The molecule has 2 nitrogen and oxygen atoms in total. The number of hydrogen-bond donors (Lipinski definition) is 0. The Hall–Kier alpha value is -2.00. The summed E-state index contributed by atoms with van der Waals surface area (Å²) in [6.07, 6.45) is 26.8. The zero-order chi connectivity index (χ0) is 27.8. The summed E-state index contributed by atoms with van der Waals surface area (Å²) in [7, 11) is 0. The van der Waals surface area contributed by atoms with Crippen LogP contribution in [-0.2, 0) is 0 Å². The summed E-state index contributed by atoms with van der Waals surface area (Å²) in [5.74, 6) is 2.04. The van der Waals surface area contributed by atoms with Crippen molar-refractivity contribution in [2.75, 3.05) is 12.4 Å². The van der Waals surface area contributed by atoms with Crippen LogP contribution in [0, 0.1) is 0 Å². The van der Waals surface area contributed by atoms with Gasteiger partial charge in [0.1, 0.15) is 5.75 Å². The zero-order valence-electron chi connectivity index (χ0n) is 24.9. The molecule has 0 heterocycles. The molecule has 0 aliphatic carbocycles. The van der Waals surface area contributed by atoms with E-state index in [1.54, 1.807) is 6.08 Å². The van der Waals surface area contributed by atoms with Crippen LogP contribution in [0.25, 0.3) is 6.08 Å². The fourth-order valence-electron chi connectivity index (χ4n) is 4.72. The second-order valence-electron chi connectivity index (χ2n) is 10.8. The van der Waals surface area contributed by atoms with Gasteiger partial charge < -0.3 is 4.74 Å². The molecule has 0 amide bonds. The molecule has 3 heteroatoms. The minimum absolute atomic E-state index is 0.0332. The number of allylic oxidation sites excluding steroid dienone is 1. The van der Waals surface area contributed by atoms with Crippen molar-refractivity contribution in [3.05, 3.63) is 65.7 Å². The number of benzene rings is 2. The van der Waals surface area contributed by atoms with Crippen molar-refractivity contribution >= 4 is 23.6 Å². The average Bonchev–Trinajstić information content (AvgIpc) is 2.97. The molecule has 0 aromatic heterocycles. The van der Waals surface area contributed by atoms with Gasteiger partial charge in [-0.05, 0) is 66.6 Å². The maximum absolute atomic E-state index is 12.5. The molecule has 0 aliphatic rings. The fourth-order valence-corrected chi connectivity index (χ4v) is 5.49. The molecule has 0 unspecified atom stereocenters. The third-order valence-electron chi connectivity index (χ3n) is 7.19. The molecule has 2 aromatic rings. The quantitative estimate of drug-likeness (QED) is 0.0562. The van der Waals surface area contributed by atoms with E-state index in [2.05, 4.69) is 13.8 Å². The first-order valence-corrected chi connectivity index (χ1v) is 16.9. The molecule has 0 fully saturated rings. The highest BCUT2D eigenvalue weighted by Crippen LogP contribution is 2.20. The molecule has 2 aromatic carbocycles. The highest BCUT2D eigenvalue weighted by atomic mass is 32.2. The predicted octanol–water partition coefficient (Wildman–Crippen LogP) is 11.7. The third-order valence-corrected chi connectivity index (χ3v) is 8.40. The normalized spacial score (nSPS) is 11.3. The van der Waals surface area contributed by atoms with E-state index in [0.29, 0.717) is 0 Å². The largest absolute Gasteiger partial charge is 0.494 e. The van der Waals surface area contributed by atoms with Crippen molar-refractivity contribution < 1.29 is 9.53 Å². The summed E-state index contributed by atoms with van der Waals surface area (Å²) in [4.78, 5) is 13.7. The van der Waals surface area contributed by atoms with Gasteiger partial charge in [-0.3, -0.25) is 4.79 Å². The number of rotatable bonds is 24. The summed E-state index contributed by atoms with van der Waals surface area (Å²) in [6, 6.07) is 15.9. The van der Waals surface area contributed by atoms with Gasteiger partial charge in [-0.15, -0.1) is 11.8 Å². The number of hydrogen-bond acceptors (Lipinski definition) is 3. The van der Waals surface area contributed by atoms with Gasteiger partial charge in [-0.25, -0.2) is 0 Å². The van der Waals surface area contributed by atoms with Crippen molar-refractivity contribution in [1.29, 1.82) is 0 Å². The second kappa shape index (κ2) is 22.8. The lowest BCUT2D eigenvalue weighted by Gasteiger charge is -2.07. The van der Waals surface area contributed by atoms with Crippen LogP contribution >= 0.6 is 11.8 Å². The SMILES string of the molecule is CCCCCCCCCCCCCCCCCCOc1ccc(C=CC(=O)c2ccc(SCCC)cc2)cc1. The number of unbranched alkanes of at least 4 members (excludes halogenated alkanes) is 15. The zero-order valence-corrected chi connectivity index (χ0v) is 25.7. The lowest BCUT2D eigenvalue weighted by atomic mass is 10.0. The minimum atomic E-state index is 0.0332. The number of carbonyl (C=O) groups excluding carboxylic acids is 1. The van der Waals surface area contributed by atoms with Gasteiger partial charge in [0.15, 0.2) is 5.78 Å². The molecular weight excluding hydrogens is 496 g/mol. The van der Waals surface area contributed by atoms with Crippen molar-refractivity contribution in [1.82, 2.24) is 0 Å². The number of ether oxygens (including phenoxy) is 1. The average molecular weight is 551 g/mol. The molecule has 216 valence electrons. The summed E-state index contributed by atoms with van der Waals surface area (Å²) in [5.41, 5.74) is 1.74. The maximum atomic E-state index is 12.5. The second-order valence-corrected chi connectivity index (χ2v) is 12.0. The van der Waals surface area contributed by atoms with Crippen LogP contribution in [0.1, 0.15) is 139 Å². The Morgan fingerprint density at radius 3 is 1.67 bits per heavy atom. The molecule has 2 rings (SSSR count). The van der Waals surface area contributed by atoms with Gasteiger partial charge >= 0.3 is 0 Å².